The minimum absolute atomic E-state index is 0.167. The number of amides is 1. The van der Waals surface area contributed by atoms with Gasteiger partial charge in [-0.25, -0.2) is 4.98 Å². The Labute approximate surface area is 183 Å². The van der Waals surface area contributed by atoms with Crippen molar-refractivity contribution in [1.82, 2.24) is 19.3 Å². The molecule has 3 aromatic heterocycles. The molecule has 0 unspecified atom stereocenters. The fourth-order valence-corrected chi connectivity index (χ4v) is 3.99. The lowest BCUT2D eigenvalue weighted by Gasteiger charge is -2.11. The molecule has 0 atom stereocenters. The molecule has 0 radical (unpaired) electrons. The van der Waals surface area contributed by atoms with Crippen molar-refractivity contribution >= 4 is 33.5 Å². The molecular formula is C25H21N5O2. The topological polar surface area (TPSA) is 81.8 Å². The molecule has 158 valence electrons. The number of rotatable bonds is 3. The van der Waals surface area contributed by atoms with Crippen LogP contribution in [0.25, 0.3) is 27.5 Å². The first-order chi connectivity index (χ1) is 15.4. The molecule has 7 heteroatoms. The van der Waals surface area contributed by atoms with E-state index in [0.29, 0.717) is 22.4 Å². The van der Waals surface area contributed by atoms with E-state index in [4.69, 9.17) is 0 Å². The van der Waals surface area contributed by atoms with Crippen molar-refractivity contribution in [2.24, 2.45) is 7.05 Å². The predicted molar refractivity (Wildman–Crippen MR) is 125 cm³/mol. The van der Waals surface area contributed by atoms with Gasteiger partial charge in [0.2, 0.25) is 0 Å². The van der Waals surface area contributed by atoms with E-state index in [2.05, 4.69) is 15.4 Å². The number of carbonyl (C=O) groups excluding carboxylic acids is 1. The van der Waals surface area contributed by atoms with Crippen molar-refractivity contribution in [2.75, 3.05) is 5.32 Å². The third-order valence-corrected chi connectivity index (χ3v) is 5.56. The summed E-state index contributed by atoms with van der Waals surface area (Å²) in [6.07, 6.45) is 0. The van der Waals surface area contributed by atoms with Gasteiger partial charge in [0.1, 0.15) is 11.3 Å². The molecule has 0 aliphatic rings. The van der Waals surface area contributed by atoms with Gasteiger partial charge in [0, 0.05) is 29.0 Å². The smallest absolute Gasteiger partial charge is 0.296 e. The van der Waals surface area contributed by atoms with E-state index in [1.165, 1.54) is 4.68 Å². The van der Waals surface area contributed by atoms with Crippen molar-refractivity contribution in [1.29, 1.82) is 0 Å². The van der Waals surface area contributed by atoms with E-state index in [1.807, 2.05) is 86.1 Å². The van der Waals surface area contributed by atoms with Crippen molar-refractivity contribution in [3.63, 3.8) is 0 Å². The molecule has 0 fully saturated rings. The molecule has 7 nitrogen and oxygen atoms in total. The van der Waals surface area contributed by atoms with Crippen molar-refractivity contribution < 1.29 is 4.79 Å². The summed E-state index contributed by atoms with van der Waals surface area (Å²) in [6.45, 7) is 3.83. The lowest BCUT2D eigenvalue weighted by Crippen LogP contribution is -2.27. The van der Waals surface area contributed by atoms with Gasteiger partial charge < -0.3 is 9.88 Å². The highest BCUT2D eigenvalue weighted by atomic mass is 16.2. The molecular weight excluding hydrogens is 402 g/mol. The van der Waals surface area contributed by atoms with Gasteiger partial charge in [-0.15, -0.1) is 0 Å². The van der Waals surface area contributed by atoms with Crippen molar-refractivity contribution in [2.45, 2.75) is 13.8 Å². The first kappa shape index (κ1) is 19.7. The van der Waals surface area contributed by atoms with Crippen LogP contribution in [0.4, 0.5) is 5.82 Å². The number of hydrogen-bond donors (Lipinski definition) is 1. The Balaban J connectivity index is 1.81. The average Bonchev–Trinajstić information content (AvgIpc) is 3.08. The molecule has 0 aliphatic carbocycles. The Bertz CT molecular complexity index is 1560. The number of pyridine rings is 1. The molecule has 32 heavy (non-hydrogen) atoms. The van der Waals surface area contributed by atoms with Gasteiger partial charge in [-0.2, -0.15) is 9.78 Å². The number of fused-ring (bicyclic) bond motifs is 3. The molecule has 0 aliphatic heterocycles. The van der Waals surface area contributed by atoms with Gasteiger partial charge in [-0.05, 0) is 44.2 Å². The van der Waals surface area contributed by atoms with Gasteiger partial charge in [0.15, 0.2) is 5.69 Å². The summed E-state index contributed by atoms with van der Waals surface area (Å²) >= 11 is 0. The summed E-state index contributed by atoms with van der Waals surface area (Å²) in [5, 5.41) is 8.70. The van der Waals surface area contributed by atoms with Crippen LogP contribution in [0.15, 0.2) is 71.5 Å². The van der Waals surface area contributed by atoms with Crippen LogP contribution in [-0.4, -0.2) is 25.2 Å². The average molecular weight is 423 g/mol. The van der Waals surface area contributed by atoms with Crippen molar-refractivity contribution in [3.05, 3.63) is 94.0 Å². The number of nitrogens with one attached hydrogen (secondary N) is 1. The summed E-state index contributed by atoms with van der Waals surface area (Å²) in [5.74, 6) is 0.00332. The zero-order chi connectivity index (χ0) is 22.4. The first-order valence-corrected chi connectivity index (χ1v) is 10.3. The largest absolute Gasteiger partial charge is 0.339 e. The molecule has 1 amide bonds. The molecule has 0 spiro atoms. The molecule has 5 rings (SSSR count). The van der Waals surface area contributed by atoms with Crippen LogP contribution in [0.5, 0.6) is 0 Å². The minimum atomic E-state index is -0.426. The number of para-hydroxylation sites is 1. The summed E-state index contributed by atoms with van der Waals surface area (Å²) < 4.78 is 3.11. The van der Waals surface area contributed by atoms with E-state index in [9.17, 15) is 9.59 Å². The van der Waals surface area contributed by atoms with Gasteiger partial charge >= 0.3 is 0 Å². The number of anilines is 1. The SMILES string of the molecule is Cc1ccc(-n2nc(C(=O)Nc3cccc(C)n3)c3c4ccccc4n(C)c3c2=O)cc1. The van der Waals surface area contributed by atoms with Crippen LogP contribution in [0.2, 0.25) is 0 Å². The molecule has 3 heterocycles. The first-order valence-electron chi connectivity index (χ1n) is 10.3. The van der Waals surface area contributed by atoms with Gasteiger partial charge in [0.05, 0.1) is 5.69 Å². The summed E-state index contributed by atoms with van der Waals surface area (Å²) in [5.41, 5.74) is 3.60. The van der Waals surface area contributed by atoms with E-state index in [1.54, 1.807) is 6.07 Å². The van der Waals surface area contributed by atoms with Crippen LogP contribution < -0.4 is 10.9 Å². The van der Waals surface area contributed by atoms with E-state index in [-0.39, 0.29) is 11.3 Å². The number of aromatic nitrogens is 4. The third-order valence-electron chi connectivity index (χ3n) is 5.56. The van der Waals surface area contributed by atoms with Gasteiger partial charge in [0.25, 0.3) is 11.5 Å². The highest BCUT2D eigenvalue weighted by Gasteiger charge is 2.23. The number of hydrogen-bond acceptors (Lipinski definition) is 4. The maximum absolute atomic E-state index is 13.5. The standard InChI is InChI=1S/C25H21N5O2/c1-15-11-13-17(14-12-15)30-25(32)23-21(18-8-4-5-9-19(18)29(23)3)22(28-30)24(31)27-20-10-6-7-16(2)26-20/h4-14H,1-3H3,(H,26,27,31). The quantitative estimate of drug-likeness (QED) is 0.473. The summed E-state index contributed by atoms with van der Waals surface area (Å²) in [6, 6.07) is 20.5. The van der Waals surface area contributed by atoms with E-state index in [0.717, 1.165) is 22.2 Å². The van der Waals surface area contributed by atoms with E-state index < -0.39 is 5.91 Å². The monoisotopic (exact) mass is 423 g/mol. The molecule has 1 N–H and O–H groups in total. The second-order valence-electron chi connectivity index (χ2n) is 7.82. The number of benzene rings is 2. The third kappa shape index (κ3) is 3.15. The zero-order valence-corrected chi connectivity index (χ0v) is 18.0. The Morgan fingerprint density at radius 3 is 2.44 bits per heavy atom. The van der Waals surface area contributed by atoms with Crippen LogP contribution in [0.1, 0.15) is 21.7 Å². The predicted octanol–water partition coefficient (Wildman–Crippen LogP) is 4.14. The molecule has 0 saturated carbocycles. The van der Waals surface area contributed by atoms with Crippen LogP contribution >= 0.6 is 0 Å². The zero-order valence-electron chi connectivity index (χ0n) is 18.0. The number of nitrogens with zero attached hydrogens (tertiary/aromatic N) is 4. The van der Waals surface area contributed by atoms with Crippen LogP contribution in [0, 0.1) is 13.8 Å². The second-order valence-corrected chi connectivity index (χ2v) is 7.82. The van der Waals surface area contributed by atoms with Crippen LogP contribution in [0.3, 0.4) is 0 Å². The second kappa shape index (κ2) is 7.46. The lowest BCUT2D eigenvalue weighted by molar-refractivity contribution is 0.102. The minimum Gasteiger partial charge on any atom is -0.339 e. The fraction of sp³-hybridized carbons (Fsp3) is 0.120. The van der Waals surface area contributed by atoms with Gasteiger partial charge in [-0.3, -0.25) is 9.59 Å². The van der Waals surface area contributed by atoms with Crippen LogP contribution in [-0.2, 0) is 7.05 Å². The fourth-order valence-electron chi connectivity index (χ4n) is 3.99. The summed E-state index contributed by atoms with van der Waals surface area (Å²) in [7, 11) is 1.83. The number of carbonyl (C=O) groups is 1. The van der Waals surface area contributed by atoms with Gasteiger partial charge in [-0.1, -0.05) is 42.0 Å². The Kier molecular flexibility index (Phi) is 4.59. The Morgan fingerprint density at radius 2 is 1.69 bits per heavy atom. The summed E-state index contributed by atoms with van der Waals surface area (Å²) in [4.78, 5) is 31.3. The van der Waals surface area contributed by atoms with Crippen molar-refractivity contribution in [3.8, 4) is 5.69 Å². The maximum Gasteiger partial charge on any atom is 0.296 e. The maximum atomic E-state index is 13.5. The molecule has 0 saturated heterocycles. The lowest BCUT2D eigenvalue weighted by atomic mass is 10.1. The molecule has 0 bridgehead atoms. The highest BCUT2D eigenvalue weighted by Crippen LogP contribution is 2.28. The molecule has 2 aromatic carbocycles. The number of aryl methyl sites for hydroxylation is 3. The normalized spacial score (nSPS) is 11.2. The Morgan fingerprint density at radius 1 is 0.938 bits per heavy atom. The highest BCUT2D eigenvalue weighted by molar-refractivity contribution is 6.19. The molecule has 5 aromatic rings. The van der Waals surface area contributed by atoms with E-state index >= 15 is 0 Å². The Hall–Kier alpha value is -4.26.